The van der Waals surface area contributed by atoms with E-state index in [0.717, 1.165) is 45.2 Å². The summed E-state index contributed by atoms with van der Waals surface area (Å²) in [6.07, 6.45) is 4.98. The molecule has 1 aromatic rings. The van der Waals surface area contributed by atoms with Crippen molar-refractivity contribution in [1.29, 1.82) is 0 Å². The molecule has 0 saturated carbocycles. The summed E-state index contributed by atoms with van der Waals surface area (Å²) in [4.78, 5) is 39.7. The molecule has 0 N–H and O–H groups in total. The molecule has 2 heterocycles. The number of carbonyl (C=O) groups is 2. The largest absolute Gasteiger partial charge is 0.452 e. The highest BCUT2D eigenvalue weighted by atomic mass is 16.6. The van der Waals surface area contributed by atoms with Crippen LogP contribution in [0.1, 0.15) is 56.3 Å². The monoisotopic (exact) mass is 389 g/mol. The highest BCUT2D eigenvalue weighted by Gasteiger charge is 2.30. The van der Waals surface area contributed by atoms with Gasteiger partial charge in [0.1, 0.15) is 0 Å². The van der Waals surface area contributed by atoms with Crippen molar-refractivity contribution in [2.24, 2.45) is 0 Å². The van der Waals surface area contributed by atoms with E-state index in [1.165, 1.54) is 12.1 Å². The number of ether oxygens (including phenoxy) is 1. The zero-order valence-electron chi connectivity index (χ0n) is 16.4. The number of likely N-dealkylation sites (tertiary alicyclic amines) is 1. The Hall–Kier alpha value is -2.64. The number of non-ortho nitro benzene ring substituents is 1. The lowest BCUT2D eigenvalue weighted by Gasteiger charge is -2.38. The van der Waals surface area contributed by atoms with Crippen molar-refractivity contribution >= 4 is 23.3 Å². The van der Waals surface area contributed by atoms with Crippen molar-refractivity contribution in [2.75, 3.05) is 24.6 Å². The summed E-state index contributed by atoms with van der Waals surface area (Å²) in [6, 6.07) is 4.47. The Kier molecular flexibility index (Phi) is 6.16. The van der Waals surface area contributed by atoms with Crippen molar-refractivity contribution in [2.45, 2.75) is 58.0 Å². The number of nitrogens with zero attached hydrogens (tertiary/aromatic N) is 3. The van der Waals surface area contributed by atoms with Gasteiger partial charge in [-0.2, -0.15) is 0 Å². The number of esters is 1. The van der Waals surface area contributed by atoms with Gasteiger partial charge in [0.15, 0.2) is 6.61 Å². The molecular formula is C20H27N3O5. The lowest BCUT2D eigenvalue weighted by Crippen LogP contribution is -2.49. The summed E-state index contributed by atoms with van der Waals surface area (Å²) in [7, 11) is 0. The number of nitro groups is 1. The summed E-state index contributed by atoms with van der Waals surface area (Å²) in [5.41, 5.74) is 0.600. The maximum Gasteiger partial charge on any atom is 0.341 e. The van der Waals surface area contributed by atoms with E-state index in [9.17, 15) is 19.7 Å². The van der Waals surface area contributed by atoms with Crippen molar-refractivity contribution in [3.63, 3.8) is 0 Å². The number of amides is 1. The molecule has 1 amide bonds. The SMILES string of the molecule is CC1CCCC(C)N1C(=O)COC(=O)c1cc([N+](=O)[O-])ccc1N1CCCC1. The number of hydrogen-bond donors (Lipinski definition) is 0. The van der Waals surface area contributed by atoms with Gasteiger partial charge in [-0.05, 0) is 52.0 Å². The van der Waals surface area contributed by atoms with Gasteiger partial charge in [-0.3, -0.25) is 14.9 Å². The molecule has 0 spiro atoms. The van der Waals surface area contributed by atoms with Gasteiger partial charge in [-0.25, -0.2) is 4.79 Å². The van der Waals surface area contributed by atoms with Crippen LogP contribution in [-0.2, 0) is 9.53 Å². The molecule has 2 atom stereocenters. The molecule has 0 aliphatic carbocycles. The summed E-state index contributed by atoms with van der Waals surface area (Å²) in [5, 5.41) is 11.1. The van der Waals surface area contributed by atoms with E-state index in [2.05, 4.69) is 0 Å². The Morgan fingerprint density at radius 3 is 2.39 bits per heavy atom. The minimum atomic E-state index is -0.698. The van der Waals surface area contributed by atoms with Crippen LogP contribution in [0.3, 0.4) is 0 Å². The van der Waals surface area contributed by atoms with Crippen LogP contribution in [0.4, 0.5) is 11.4 Å². The number of benzene rings is 1. The Balaban J connectivity index is 1.74. The average Bonchev–Trinajstić information content (AvgIpc) is 3.20. The van der Waals surface area contributed by atoms with Crippen LogP contribution < -0.4 is 4.90 Å². The van der Waals surface area contributed by atoms with Crippen LogP contribution in [-0.4, -0.2) is 53.5 Å². The molecule has 3 rings (SSSR count). The van der Waals surface area contributed by atoms with Gasteiger partial charge in [0.05, 0.1) is 16.2 Å². The fraction of sp³-hybridized carbons (Fsp3) is 0.600. The molecule has 28 heavy (non-hydrogen) atoms. The normalized spacial score (nSPS) is 22.2. The van der Waals surface area contributed by atoms with Crippen LogP contribution in [0.25, 0.3) is 0 Å². The van der Waals surface area contributed by atoms with Crippen molar-refractivity contribution < 1.29 is 19.2 Å². The zero-order valence-corrected chi connectivity index (χ0v) is 16.4. The Morgan fingerprint density at radius 2 is 1.79 bits per heavy atom. The third-order valence-electron chi connectivity index (χ3n) is 5.67. The van der Waals surface area contributed by atoms with Gasteiger partial charge in [0.2, 0.25) is 0 Å². The molecule has 0 radical (unpaired) electrons. The van der Waals surface area contributed by atoms with E-state index in [0.29, 0.717) is 5.69 Å². The first kappa shape index (κ1) is 20.1. The predicted molar refractivity (Wildman–Crippen MR) is 104 cm³/mol. The van der Waals surface area contributed by atoms with Gasteiger partial charge in [-0.1, -0.05) is 0 Å². The van der Waals surface area contributed by atoms with E-state index < -0.39 is 10.9 Å². The first-order chi connectivity index (χ1) is 13.4. The smallest absolute Gasteiger partial charge is 0.341 e. The van der Waals surface area contributed by atoms with Gasteiger partial charge < -0.3 is 14.5 Å². The molecule has 2 saturated heterocycles. The minimum absolute atomic E-state index is 0.118. The van der Waals surface area contributed by atoms with Crippen molar-refractivity contribution in [3.05, 3.63) is 33.9 Å². The summed E-state index contributed by atoms with van der Waals surface area (Å²) in [5.74, 6) is -0.919. The number of rotatable bonds is 5. The summed E-state index contributed by atoms with van der Waals surface area (Å²) in [6.45, 7) is 5.23. The minimum Gasteiger partial charge on any atom is -0.452 e. The molecule has 152 valence electrons. The van der Waals surface area contributed by atoms with Crippen LogP contribution in [0.2, 0.25) is 0 Å². The lowest BCUT2D eigenvalue weighted by atomic mass is 9.97. The maximum atomic E-state index is 12.7. The Bertz CT molecular complexity index is 750. The second kappa shape index (κ2) is 8.58. The molecule has 2 fully saturated rings. The Labute approximate surface area is 164 Å². The van der Waals surface area contributed by atoms with Crippen molar-refractivity contribution in [3.8, 4) is 0 Å². The second-order valence-corrected chi connectivity index (χ2v) is 7.66. The predicted octanol–water partition coefficient (Wildman–Crippen LogP) is 3.14. The van der Waals surface area contributed by atoms with E-state index in [-0.39, 0.29) is 35.8 Å². The van der Waals surface area contributed by atoms with Crippen LogP contribution >= 0.6 is 0 Å². The number of nitro benzene ring substituents is 1. The fourth-order valence-corrected chi connectivity index (χ4v) is 4.23. The van der Waals surface area contributed by atoms with Gasteiger partial charge in [0.25, 0.3) is 11.6 Å². The first-order valence-corrected chi connectivity index (χ1v) is 9.90. The summed E-state index contributed by atoms with van der Waals surface area (Å²) < 4.78 is 5.30. The third kappa shape index (κ3) is 4.26. The van der Waals surface area contributed by atoms with Crippen LogP contribution in [0.15, 0.2) is 18.2 Å². The van der Waals surface area contributed by atoms with Gasteiger partial charge in [-0.15, -0.1) is 0 Å². The zero-order chi connectivity index (χ0) is 20.3. The van der Waals surface area contributed by atoms with Crippen molar-refractivity contribution in [1.82, 2.24) is 4.90 Å². The second-order valence-electron chi connectivity index (χ2n) is 7.66. The molecule has 0 aromatic heterocycles. The van der Waals surface area contributed by atoms with Crippen LogP contribution in [0, 0.1) is 10.1 Å². The standard InChI is InChI=1S/C20H27N3O5/c1-14-6-5-7-15(2)22(14)19(24)13-28-20(25)17-12-16(23(26)27)8-9-18(17)21-10-3-4-11-21/h8-9,12,14-15H,3-7,10-11,13H2,1-2H3. The van der Waals surface area contributed by atoms with E-state index in [1.54, 1.807) is 11.0 Å². The van der Waals surface area contributed by atoms with E-state index >= 15 is 0 Å². The van der Waals surface area contributed by atoms with E-state index in [4.69, 9.17) is 4.74 Å². The molecule has 8 nitrogen and oxygen atoms in total. The number of anilines is 1. The number of carbonyl (C=O) groups excluding carboxylic acids is 2. The highest BCUT2D eigenvalue weighted by Crippen LogP contribution is 2.29. The highest BCUT2D eigenvalue weighted by molar-refractivity contribution is 5.98. The van der Waals surface area contributed by atoms with Crippen LogP contribution in [0.5, 0.6) is 0 Å². The quantitative estimate of drug-likeness (QED) is 0.436. The molecule has 2 aliphatic rings. The molecule has 8 heteroatoms. The van der Waals surface area contributed by atoms with E-state index in [1.807, 2.05) is 18.7 Å². The fourth-order valence-electron chi connectivity index (χ4n) is 4.23. The summed E-state index contributed by atoms with van der Waals surface area (Å²) >= 11 is 0. The molecule has 2 aliphatic heterocycles. The molecule has 2 unspecified atom stereocenters. The van der Waals surface area contributed by atoms with Gasteiger partial charge >= 0.3 is 5.97 Å². The average molecular weight is 389 g/mol. The first-order valence-electron chi connectivity index (χ1n) is 9.90. The lowest BCUT2D eigenvalue weighted by molar-refractivity contribution is -0.384. The molecule has 0 bridgehead atoms. The Morgan fingerprint density at radius 1 is 1.14 bits per heavy atom. The topological polar surface area (TPSA) is 93.0 Å². The molecule has 1 aromatic carbocycles. The maximum absolute atomic E-state index is 12.7. The number of piperidine rings is 1. The van der Waals surface area contributed by atoms with Gasteiger partial charge in [0, 0.05) is 37.3 Å². The third-order valence-corrected chi connectivity index (χ3v) is 5.67. The molecular weight excluding hydrogens is 362 g/mol. The number of hydrogen-bond acceptors (Lipinski definition) is 6.